The van der Waals surface area contributed by atoms with E-state index in [0.29, 0.717) is 23.7 Å². The minimum Gasteiger partial charge on any atom is -0.497 e. The number of rotatable bonds is 5. The van der Waals surface area contributed by atoms with Gasteiger partial charge in [0.05, 0.1) is 32.0 Å². The van der Waals surface area contributed by atoms with Crippen molar-refractivity contribution in [3.63, 3.8) is 0 Å². The highest BCUT2D eigenvalue weighted by atomic mass is 32.1. The van der Waals surface area contributed by atoms with Crippen LogP contribution >= 0.6 is 11.3 Å². The zero-order chi connectivity index (χ0) is 18.6. The number of hydrogen-bond acceptors (Lipinski definition) is 7. The first-order valence-electron chi connectivity index (χ1n) is 8.71. The van der Waals surface area contributed by atoms with Gasteiger partial charge in [0.2, 0.25) is 0 Å². The molecule has 0 fully saturated rings. The van der Waals surface area contributed by atoms with E-state index < -0.39 is 5.82 Å². The van der Waals surface area contributed by atoms with Crippen molar-refractivity contribution >= 4 is 11.3 Å². The molecule has 0 amide bonds. The topological polar surface area (TPSA) is 69.2 Å². The van der Waals surface area contributed by atoms with Crippen LogP contribution in [0.3, 0.4) is 0 Å². The number of fused-ring (bicyclic) bond motifs is 1. The standard InChI is InChI=1S/C19H19FN4O2S/c1-25-12-4-5-17-14(9-12)16(3-2-8-26-17)22-11-18-23-24-19(27-18)13-6-7-21-10-15(13)20/h4-7,9-10,16,22H,2-3,8,11H2,1H3. The summed E-state index contributed by atoms with van der Waals surface area (Å²) in [4.78, 5) is 3.77. The van der Waals surface area contributed by atoms with E-state index in [4.69, 9.17) is 9.47 Å². The first-order chi connectivity index (χ1) is 13.2. The summed E-state index contributed by atoms with van der Waals surface area (Å²) in [6, 6.07) is 7.60. The molecule has 0 spiro atoms. The van der Waals surface area contributed by atoms with E-state index in [1.807, 2.05) is 18.2 Å². The molecular weight excluding hydrogens is 367 g/mol. The molecule has 0 bridgehead atoms. The maximum absolute atomic E-state index is 13.9. The molecule has 6 nitrogen and oxygen atoms in total. The fourth-order valence-corrected chi connectivity index (χ4v) is 3.90. The second-order valence-electron chi connectivity index (χ2n) is 6.18. The Kier molecular flexibility index (Phi) is 5.26. The van der Waals surface area contributed by atoms with Crippen molar-refractivity contribution in [2.24, 2.45) is 0 Å². The summed E-state index contributed by atoms with van der Waals surface area (Å²) in [6.07, 6.45) is 4.64. The van der Waals surface area contributed by atoms with Crippen LogP contribution in [-0.4, -0.2) is 28.9 Å². The summed E-state index contributed by atoms with van der Waals surface area (Å²) in [5.74, 6) is 1.29. The normalized spacial score (nSPS) is 16.3. The van der Waals surface area contributed by atoms with Gasteiger partial charge >= 0.3 is 0 Å². The van der Waals surface area contributed by atoms with Crippen LogP contribution in [0.25, 0.3) is 10.6 Å². The summed E-state index contributed by atoms with van der Waals surface area (Å²) in [5.41, 5.74) is 1.50. The Balaban J connectivity index is 1.50. The van der Waals surface area contributed by atoms with Gasteiger partial charge in [-0.1, -0.05) is 11.3 Å². The van der Waals surface area contributed by atoms with Crippen molar-refractivity contribution < 1.29 is 13.9 Å². The molecule has 2 aromatic heterocycles. The summed E-state index contributed by atoms with van der Waals surface area (Å²) in [6.45, 7) is 1.24. The van der Waals surface area contributed by atoms with Crippen molar-refractivity contribution in [3.05, 3.63) is 53.0 Å². The van der Waals surface area contributed by atoms with Crippen molar-refractivity contribution in [3.8, 4) is 22.1 Å². The Morgan fingerprint density at radius 3 is 3.11 bits per heavy atom. The first kappa shape index (κ1) is 17.8. The third kappa shape index (κ3) is 3.91. The van der Waals surface area contributed by atoms with Crippen molar-refractivity contribution in [1.29, 1.82) is 0 Å². The van der Waals surface area contributed by atoms with Gasteiger partial charge in [0.1, 0.15) is 16.5 Å². The maximum Gasteiger partial charge on any atom is 0.151 e. The summed E-state index contributed by atoms with van der Waals surface area (Å²) >= 11 is 1.37. The second-order valence-corrected chi connectivity index (χ2v) is 7.25. The van der Waals surface area contributed by atoms with Crippen LogP contribution in [0.4, 0.5) is 4.39 Å². The Bertz CT molecular complexity index is 934. The van der Waals surface area contributed by atoms with Gasteiger partial charge in [-0.05, 0) is 37.1 Å². The lowest BCUT2D eigenvalue weighted by Gasteiger charge is -2.18. The fraction of sp³-hybridized carbons (Fsp3) is 0.316. The lowest BCUT2D eigenvalue weighted by Crippen LogP contribution is -2.20. The third-order valence-corrected chi connectivity index (χ3v) is 5.41. The average molecular weight is 386 g/mol. The average Bonchev–Trinajstić information content (AvgIpc) is 3.07. The smallest absolute Gasteiger partial charge is 0.151 e. The van der Waals surface area contributed by atoms with Gasteiger partial charge in [-0.2, -0.15) is 0 Å². The number of hydrogen-bond donors (Lipinski definition) is 1. The summed E-state index contributed by atoms with van der Waals surface area (Å²) in [7, 11) is 1.66. The van der Waals surface area contributed by atoms with Gasteiger partial charge in [-0.25, -0.2) is 4.39 Å². The fourth-order valence-electron chi connectivity index (χ4n) is 3.09. The zero-order valence-corrected chi connectivity index (χ0v) is 15.6. The van der Waals surface area contributed by atoms with Gasteiger partial charge < -0.3 is 14.8 Å². The second kappa shape index (κ2) is 7.98. The van der Waals surface area contributed by atoms with E-state index in [1.54, 1.807) is 19.4 Å². The lowest BCUT2D eigenvalue weighted by atomic mass is 10.0. The summed E-state index contributed by atoms with van der Waals surface area (Å²) in [5, 5.41) is 13.2. The highest BCUT2D eigenvalue weighted by molar-refractivity contribution is 7.14. The zero-order valence-electron chi connectivity index (χ0n) is 14.8. The third-order valence-electron chi connectivity index (χ3n) is 4.46. The molecule has 0 aliphatic carbocycles. The number of methoxy groups -OCH3 is 1. The number of benzene rings is 1. The highest BCUT2D eigenvalue weighted by Gasteiger charge is 2.21. The number of nitrogens with one attached hydrogen (secondary N) is 1. The molecular formula is C19H19FN4O2S. The van der Waals surface area contributed by atoms with Crippen molar-refractivity contribution in [2.75, 3.05) is 13.7 Å². The molecule has 8 heteroatoms. The molecule has 3 heterocycles. The SMILES string of the molecule is COc1ccc2c(c1)C(NCc1nnc(-c3ccncc3F)s1)CCCO2. The van der Waals surface area contributed by atoms with Crippen LogP contribution in [0.5, 0.6) is 11.5 Å². The lowest BCUT2D eigenvalue weighted by molar-refractivity contribution is 0.314. The van der Waals surface area contributed by atoms with Gasteiger partial charge in [-0.15, -0.1) is 10.2 Å². The monoisotopic (exact) mass is 386 g/mol. The van der Waals surface area contributed by atoms with E-state index in [2.05, 4.69) is 20.5 Å². The summed E-state index contributed by atoms with van der Waals surface area (Å²) < 4.78 is 25.1. The van der Waals surface area contributed by atoms with E-state index in [-0.39, 0.29) is 6.04 Å². The number of halogens is 1. The molecule has 3 aromatic rings. The Morgan fingerprint density at radius 2 is 2.26 bits per heavy atom. The van der Waals surface area contributed by atoms with Crippen LogP contribution in [0.15, 0.2) is 36.7 Å². The van der Waals surface area contributed by atoms with Crippen LogP contribution in [0.2, 0.25) is 0 Å². The van der Waals surface area contributed by atoms with Crippen LogP contribution in [0, 0.1) is 5.82 Å². The van der Waals surface area contributed by atoms with Gasteiger partial charge in [0.15, 0.2) is 10.8 Å². The Morgan fingerprint density at radius 1 is 1.33 bits per heavy atom. The number of pyridine rings is 1. The highest BCUT2D eigenvalue weighted by Crippen LogP contribution is 2.35. The predicted octanol–water partition coefficient (Wildman–Crippen LogP) is 3.75. The molecule has 1 N–H and O–H groups in total. The molecule has 1 aromatic carbocycles. The van der Waals surface area contributed by atoms with Gasteiger partial charge in [0, 0.05) is 17.8 Å². The molecule has 4 rings (SSSR count). The molecule has 140 valence electrons. The molecule has 1 aliphatic heterocycles. The number of ether oxygens (including phenoxy) is 2. The molecule has 1 aliphatic rings. The van der Waals surface area contributed by atoms with E-state index in [0.717, 1.165) is 34.9 Å². The number of aromatic nitrogens is 3. The molecule has 1 atom stereocenters. The van der Waals surface area contributed by atoms with Gasteiger partial charge in [0.25, 0.3) is 0 Å². The predicted molar refractivity (Wildman–Crippen MR) is 100 cm³/mol. The quantitative estimate of drug-likeness (QED) is 0.720. The molecule has 0 radical (unpaired) electrons. The molecule has 0 saturated heterocycles. The molecule has 27 heavy (non-hydrogen) atoms. The van der Waals surface area contributed by atoms with Crippen LogP contribution < -0.4 is 14.8 Å². The van der Waals surface area contributed by atoms with E-state index >= 15 is 0 Å². The largest absolute Gasteiger partial charge is 0.497 e. The minimum absolute atomic E-state index is 0.127. The first-order valence-corrected chi connectivity index (χ1v) is 9.52. The maximum atomic E-state index is 13.9. The Hall–Kier alpha value is -2.58. The molecule has 1 unspecified atom stereocenters. The van der Waals surface area contributed by atoms with Gasteiger partial charge in [-0.3, -0.25) is 4.98 Å². The van der Waals surface area contributed by atoms with E-state index in [1.165, 1.54) is 17.5 Å². The van der Waals surface area contributed by atoms with Crippen LogP contribution in [0.1, 0.15) is 29.5 Å². The van der Waals surface area contributed by atoms with Crippen molar-refractivity contribution in [2.45, 2.75) is 25.4 Å². The Labute approximate surface area is 160 Å². The minimum atomic E-state index is -0.393. The van der Waals surface area contributed by atoms with E-state index in [9.17, 15) is 4.39 Å². The van der Waals surface area contributed by atoms with Crippen molar-refractivity contribution in [1.82, 2.24) is 20.5 Å². The molecule has 0 saturated carbocycles. The van der Waals surface area contributed by atoms with Crippen LogP contribution in [-0.2, 0) is 6.54 Å². The number of nitrogens with zero attached hydrogens (tertiary/aromatic N) is 3.